The number of sulfonamides is 1. The lowest BCUT2D eigenvalue weighted by Gasteiger charge is -2.14. The number of rotatable bonds is 4. The van der Waals surface area contributed by atoms with Gasteiger partial charge in [0.05, 0.1) is 4.90 Å². The lowest BCUT2D eigenvalue weighted by molar-refractivity contribution is 0.576. The standard InChI is InChI=1S/C24H18ClNO2S/c1-19-11-17-23(18-12-19)29(27,28)26-24(21-8-3-2-4-9-21)10-6-5-7-20-13-15-22(25)16-14-20/h2-4,8-9,11-18,24,26H,1H3/t24-/m1/s1. The quantitative estimate of drug-likeness (QED) is 0.622. The Kier molecular flexibility index (Phi) is 6.75. The molecule has 3 rings (SSSR count). The normalized spacial score (nSPS) is 11.5. The van der Waals surface area contributed by atoms with Gasteiger partial charge in [-0.3, -0.25) is 0 Å². The molecule has 0 spiro atoms. The van der Waals surface area contributed by atoms with Crippen molar-refractivity contribution in [3.05, 3.63) is 101 Å². The third-order valence-electron chi connectivity index (χ3n) is 4.07. The maximum absolute atomic E-state index is 12.8. The van der Waals surface area contributed by atoms with E-state index in [1.807, 2.05) is 37.3 Å². The second kappa shape index (κ2) is 9.45. The topological polar surface area (TPSA) is 46.2 Å². The summed E-state index contributed by atoms with van der Waals surface area (Å²) in [6.45, 7) is 1.90. The summed E-state index contributed by atoms with van der Waals surface area (Å²) in [7, 11) is -3.73. The molecule has 1 N–H and O–H groups in total. The molecule has 144 valence electrons. The molecule has 0 saturated heterocycles. The molecule has 5 heteroatoms. The molecule has 0 fully saturated rings. The van der Waals surface area contributed by atoms with Crippen molar-refractivity contribution in [1.82, 2.24) is 4.72 Å². The molecule has 1 atom stereocenters. The van der Waals surface area contributed by atoms with Gasteiger partial charge in [-0.05, 0) is 60.7 Å². The molecular weight excluding hydrogens is 402 g/mol. The molecule has 3 aromatic carbocycles. The van der Waals surface area contributed by atoms with Gasteiger partial charge < -0.3 is 0 Å². The smallest absolute Gasteiger partial charge is 0.207 e. The van der Waals surface area contributed by atoms with Crippen molar-refractivity contribution >= 4 is 21.6 Å². The first kappa shape index (κ1) is 20.7. The van der Waals surface area contributed by atoms with Gasteiger partial charge in [0.15, 0.2) is 0 Å². The lowest BCUT2D eigenvalue weighted by Crippen LogP contribution is -2.27. The van der Waals surface area contributed by atoms with Crippen LogP contribution in [0.25, 0.3) is 0 Å². The molecule has 0 aliphatic rings. The Balaban J connectivity index is 1.87. The van der Waals surface area contributed by atoms with E-state index in [0.29, 0.717) is 5.02 Å². The van der Waals surface area contributed by atoms with E-state index >= 15 is 0 Å². The Hall–Kier alpha value is -3.02. The summed E-state index contributed by atoms with van der Waals surface area (Å²) < 4.78 is 28.2. The first-order valence-electron chi connectivity index (χ1n) is 8.85. The van der Waals surface area contributed by atoms with E-state index in [1.165, 1.54) is 0 Å². The van der Waals surface area contributed by atoms with Gasteiger partial charge >= 0.3 is 0 Å². The minimum absolute atomic E-state index is 0.193. The second-order valence-corrected chi connectivity index (χ2v) is 8.45. The number of aryl methyl sites for hydroxylation is 1. The summed E-state index contributed by atoms with van der Waals surface area (Å²) in [4.78, 5) is 0.193. The van der Waals surface area contributed by atoms with Crippen LogP contribution in [0, 0.1) is 30.6 Å². The van der Waals surface area contributed by atoms with Gasteiger partial charge in [-0.15, -0.1) is 0 Å². The van der Waals surface area contributed by atoms with E-state index in [0.717, 1.165) is 16.7 Å². The van der Waals surface area contributed by atoms with Gasteiger partial charge in [0, 0.05) is 10.6 Å². The minimum Gasteiger partial charge on any atom is -0.207 e. The zero-order valence-corrected chi connectivity index (χ0v) is 17.3. The van der Waals surface area contributed by atoms with Crippen molar-refractivity contribution in [3.8, 4) is 23.7 Å². The maximum Gasteiger partial charge on any atom is 0.241 e. The van der Waals surface area contributed by atoms with E-state index < -0.39 is 16.1 Å². The van der Waals surface area contributed by atoms with Gasteiger partial charge in [-0.1, -0.05) is 71.5 Å². The Labute approximate surface area is 176 Å². The lowest BCUT2D eigenvalue weighted by atomic mass is 10.1. The van der Waals surface area contributed by atoms with Crippen LogP contribution in [0.1, 0.15) is 22.7 Å². The number of nitrogens with one attached hydrogen (secondary N) is 1. The Morgan fingerprint density at radius 1 is 0.862 bits per heavy atom. The monoisotopic (exact) mass is 419 g/mol. The van der Waals surface area contributed by atoms with Crippen molar-refractivity contribution in [2.24, 2.45) is 0 Å². The van der Waals surface area contributed by atoms with Crippen molar-refractivity contribution in [3.63, 3.8) is 0 Å². The molecule has 0 bridgehead atoms. The summed E-state index contributed by atoms with van der Waals surface area (Å²) in [6.07, 6.45) is 0. The molecule has 0 unspecified atom stereocenters. The van der Waals surface area contributed by atoms with Crippen LogP contribution in [0.5, 0.6) is 0 Å². The molecular formula is C24H18ClNO2S. The fraction of sp³-hybridized carbons (Fsp3) is 0.0833. The van der Waals surface area contributed by atoms with Gasteiger partial charge in [-0.2, -0.15) is 4.72 Å². The highest BCUT2D eigenvalue weighted by Gasteiger charge is 2.19. The minimum atomic E-state index is -3.73. The van der Waals surface area contributed by atoms with Gasteiger partial charge in [-0.25, -0.2) is 8.42 Å². The number of halogens is 1. The van der Waals surface area contributed by atoms with Crippen LogP contribution in [-0.2, 0) is 10.0 Å². The SMILES string of the molecule is Cc1ccc(S(=O)(=O)N[C@H](C#CC#Cc2ccc(Cl)cc2)c2ccccc2)cc1. The number of benzene rings is 3. The van der Waals surface area contributed by atoms with Crippen molar-refractivity contribution in [1.29, 1.82) is 0 Å². The van der Waals surface area contributed by atoms with Crippen LogP contribution in [0.3, 0.4) is 0 Å². The van der Waals surface area contributed by atoms with E-state index in [1.54, 1.807) is 48.5 Å². The van der Waals surface area contributed by atoms with Crippen LogP contribution in [0.15, 0.2) is 83.8 Å². The van der Waals surface area contributed by atoms with E-state index in [4.69, 9.17) is 11.6 Å². The zero-order chi connectivity index (χ0) is 20.7. The highest BCUT2D eigenvalue weighted by molar-refractivity contribution is 7.89. The molecule has 0 amide bonds. The summed E-state index contributed by atoms with van der Waals surface area (Å²) in [5.74, 6) is 11.4. The average molecular weight is 420 g/mol. The Morgan fingerprint density at radius 2 is 1.52 bits per heavy atom. The fourth-order valence-corrected chi connectivity index (χ4v) is 3.77. The van der Waals surface area contributed by atoms with E-state index in [9.17, 15) is 8.42 Å². The molecule has 0 aromatic heterocycles. The molecule has 0 heterocycles. The Morgan fingerprint density at radius 3 is 2.17 bits per heavy atom. The predicted molar refractivity (Wildman–Crippen MR) is 117 cm³/mol. The van der Waals surface area contributed by atoms with Crippen LogP contribution in [0.2, 0.25) is 5.02 Å². The molecule has 3 nitrogen and oxygen atoms in total. The fourth-order valence-electron chi connectivity index (χ4n) is 2.51. The molecule has 0 radical (unpaired) electrons. The molecule has 0 aliphatic heterocycles. The molecule has 0 aliphatic carbocycles. The average Bonchev–Trinajstić information content (AvgIpc) is 2.72. The highest BCUT2D eigenvalue weighted by Crippen LogP contribution is 2.17. The molecule has 3 aromatic rings. The largest absolute Gasteiger partial charge is 0.241 e. The van der Waals surface area contributed by atoms with Crippen LogP contribution < -0.4 is 4.72 Å². The summed E-state index contributed by atoms with van der Waals surface area (Å²) in [6, 6.07) is 22.2. The zero-order valence-electron chi connectivity index (χ0n) is 15.7. The molecule has 29 heavy (non-hydrogen) atoms. The van der Waals surface area contributed by atoms with Crippen LogP contribution in [0.4, 0.5) is 0 Å². The van der Waals surface area contributed by atoms with E-state index in [-0.39, 0.29) is 4.90 Å². The van der Waals surface area contributed by atoms with Crippen LogP contribution >= 0.6 is 11.6 Å². The van der Waals surface area contributed by atoms with Gasteiger partial charge in [0.2, 0.25) is 10.0 Å². The Bertz CT molecular complexity index is 1200. The number of hydrogen-bond donors (Lipinski definition) is 1. The first-order valence-corrected chi connectivity index (χ1v) is 10.7. The predicted octanol–water partition coefficient (Wildman–Crippen LogP) is 4.72. The van der Waals surface area contributed by atoms with Crippen molar-refractivity contribution in [2.45, 2.75) is 17.9 Å². The third-order valence-corrected chi connectivity index (χ3v) is 5.76. The maximum atomic E-state index is 12.8. The second-order valence-electron chi connectivity index (χ2n) is 6.30. The van der Waals surface area contributed by atoms with Crippen molar-refractivity contribution in [2.75, 3.05) is 0 Å². The van der Waals surface area contributed by atoms with Crippen molar-refractivity contribution < 1.29 is 8.42 Å². The summed E-state index contributed by atoms with van der Waals surface area (Å²) in [5.41, 5.74) is 2.50. The molecule has 0 saturated carbocycles. The summed E-state index contributed by atoms with van der Waals surface area (Å²) >= 11 is 5.86. The first-order chi connectivity index (χ1) is 13.9. The summed E-state index contributed by atoms with van der Waals surface area (Å²) in [5, 5.41) is 0.635. The van der Waals surface area contributed by atoms with Crippen LogP contribution in [-0.4, -0.2) is 8.42 Å². The van der Waals surface area contributed by atoms with Gasteiger partial charge in [0.25, 0.3) is 0 Å². The third kappa shape index (κ3) is 5.98. The highest BCUT2D eigenvalue weighted by atomic mass is 35.5. The van der Waals surface area contributed by atoms with E-state index in [2.05, 4.69) is 28.4 Å². The van der Waals surface area contributed by atoms with Gasteiger partial charge in [0.1, 0.15) is 6.04 Å². The number of hydrogen-bond acceptors (Lipinski definition) is 2.